The SMILES string of the molecule is CCCC(C)(O)c1cc(-c2ccc(Cl)cc2)n(-c2ccccc2)n1. The molecule has 124 valence electrons. The highest BCUT2D eigenvalue weighted by molar-refractivity contribution is 6.30. The first-order chi connectivity index (χ1) is 11.5. The van der Waals surface area contributed by atoms with Gasteiger partial charge in [-0.15, -0.1) is 0 Å². The van der Waals surface area contributed by atoms with Crippen LogP contribution in [0.3, 0.4) is 0 Å². The standard InChI is InChI=1S/C20H21ClN2O/c1-3-13-20(2,24)19-14-18(15-9-11-16(21)12-10-15)23(22-19)17-7-5-4-6-8-17/h4-12,14,24H,3,13H2,1-2H3. The van der Waals surface area contributed by atoms with Crippen LogP contribution in [0, 0.1) is 0 Å². The third-order valence-electron chi connectivity index (χ3n) is 4.14. The number of hydrogen-bond acceptors (Lipinski definition) is 2. The van der Waals surface area contributed by atoms with Crippen LogP contribution in [-0.4, -0.2) is 14.9 Å². The minimum absolute atomic E-state index is 0.666. The number of benzene rings is 2. The van der Waals surface area contributed by atoms with Crippen molar-refractivity contribution in [1.29, 1.82) is 0 Å². The molecule has 0 bridgehead atoms. The quantitative estimate of drug-likeness (QED) is 0.693. The van der Waals surface area contributed by atoms with Gasteiger partial charge in [0.05, 0.1) is 17.1 Å². The van der Waals surface area contributed by atoms with Gasteiger partial charge in [0.1, 0.15) is 5.60 Å². The van der Waals surface area contributed by atoms with Gasteiger partial charge in [-0.2, -0.15) is 5.10 Å². The van der Waals surface area contributed by atoms with E-state index in [1.54, 1.807) is 0 Å². The summed E-state index contributed by atoms with van der Waals surface area (Å²) in [6.45, 7) is 3.88. The Kier molecular flexibility index (Phi) is 4.74. The molecule has 0 spiro atoms. The van der Waals surface area contributed by atoms with E-state index in [0.717, 1.165) is 23.4 Å². The normalized spacial score (nSPS) is 13.7. The van der Waals surface area contributed by atoms with E-state index < -0.39 is 5.60 Å². The summed E-state index contributed by atoms with van der Waals surface area (Å²) in [5, 5.41) is 16.2. The molecule has 0 radical (unpaired) electrons. The van der Waals surface area contributed by atoms with Crippen LogP contribution in [0.2, 0.25) is 5.02 Å². The molecule has 3 rings (SSSR count). The van der Waals surface area contributed by atoms with Gasteiger partial charge < -0.3 is 5.11 Å². The Hall–Kier alpha value is -2.10. The Morgan fingerprint density at radius 1 is 1.08 bits per heavy atom. The molecule has 2 aromatic carbocycles. The summed E-state index contributed by atoms with van der Waals surface area (Å²) >= 11 is 6.01. The highest BCUT2D eigenvalue weighted by atomic mass is 35.5. The lowest BCUT2D eigenvalue weighted by Crippen LogP contribution is -2.21. The molecule has 0 fully saturated rings. The average Bonchev–Trinajstić information content (AvgIpc) is 3.02. The molecule has 0 aliphatic carbocycles. The molecule has 1 N–H and O–H groups in total. The monoisotopic (exact) mass is 340 g/mol. The molecule has 3 aromatic rings. The molecule has 1 aromatic heterocycles. The van der Waals surface area contributed by atoms with Crippen molar-refractivity contribution >= 4 is 11.6 Å². The molecule has 1 atom stereocenters. The number of aromatic nitrogens is 2. The van der Waals surface area contributed by atoms with Gasteiger partial charge in [0.15, 0.2) is 0 Å². The molecule has 0 aliphatic heterocycles. The van der Waals surface area contributed by atoms with E-state index in [1.165, 1.54) is 0 Å². The predicted octanol–water partition coefficient (Wildman–Crippen LogP) is 5.20. The second kappa shape index (κ2) is 6.80. The molecule has 0 saturated heterocycles. The molecule has 3 nitrogen and oxygen atoms in total. The first-order valence-electron chi connectivity index (χ1n) is 8.15. The van der Waals surface area contributed by atoms with Crippen molar-refractivity contribution in [3.05, 3.63) is 71.4 Å². The lowest BCUT2D eigenvalue weighted by molar-refractivity contribution is 0.0421. The van der Waals surface area contributed by atoms with E-state index in [9.17, 15) is 5.11 Å². The number of nitrogens with zero attached hydrogens (tertiary/aromatic N) is 2. The van der Waals surface area contributed by atoms with Crippen molar-refractivity contribution in [2.24, 2.45) is 0 Å². The van der Waals surface area contributed by atoms with E-state index in [-0.39, 0.29) is 0 Å². The van der Waals surface area contributed by atoms with Gasteiger partial charge in [-0.1, -0.05) is 55.3 Å². The Morgan fingerprint density at radius 3 is 2.38 bits per heavy atom. The second-order valence-electron chi connectivity index (χ2n) is 6.19. The Balaban J connectivity index is 2.15. The number of rotatable bonds is 5. The molecule has 4 heteroatoms. The largest absolute Gasteiger partial charge is 0.384 e. The third kappa shape index (κ3) is 3.37. The van der Waals surface area contributed by atoms with Crippen molar-refractivity contribution in [3.63, 3.8) is 0 Å². The van der Waals surface area contributed by atoms with E-state index >= 15 is 0 Å². The van der Waals surface area contributed by atoms with Gasteiger partial charge in [-0.05, 0) is 43.7 Å². The van der Waals surface area contributed by atoms with Crippen LogP contribution in [0.5, 0.6) is 0 Å². The van der Waals surface area contributed by atoms with Crippen molar-refractivity contribution in [2.45, 2.75) is 32.3 Å². The minimum Gasteiger partial charge on any atom is -0.384 e. The Morgan fingerprint density at radius 2 is 1.75 bits per heavy atom. The van der Waals surface area contributed by atoms with Crippen molar-refractivity contribution in [2.75, 3.05) is 0 Å². The van der Waals surface area contributed by atoms with Gasteiger partial charge in [-0.3, -0.25) is 0 Å². The number of halogens is 1. The smallest absolute Gasteiger partial charge is 0.106 e. The molecule has 1 heterocycles. The topological polar surface area (TPSA) is 38.0 Å². The van der Waals surface area contributed by atoms with Crippen molar-refractivity contribution < 1.29 is 5.11 Å². The molecule has 0 saturated carbocycles. The van der Waals surface area contributed by atoms with Gasteiger partial charge >= 0.3 is 0 Å². The molecule has 0 aliphatic rings. The lowest BCUT2D eigenvalue weighted by Gasteiger charge is -2.19. The maximum absolute atomic E-state index is 10.8. The summed E-state index contributed by atoms with van der Waals surface area (Å²) in [4.78, 5) is 0. The van der Waals surface area contributed by atoms with Gasteiger partial charge in [0.25, 0.3) is 0 Å². The maximum atomic E-state index is 10.8. The number of aliphatic hydroxyl groups is 1. The zero-order chi connectivity index (χ0) is 17.2. The number of hydrogen-bond donors (Lipinski definition) is 1. The van der Waals surface area contributed by atoms with Crippen LogP contribution in [-0.2, 0) is 5.60 Å². The average molecular weight is 341 g/mol. The predicted molar refractivity (Wildman–Crippen MR) is 98.5 cm³/mol. The van der Waals surface area contributed by atoms with Gasteiger partial charge in [0.2, 0.25) is 0 Å². The van der Waals surface area contributed by atoms with Crippen LogP contribution < -0.4 is 0 Å². The molecule has 24 heavy (non-hydrogen) atoms. The van der Waals surface area contributed by atoms with Crippen LogP contribution in [0.15, 0.2) is 60.7 Å². The fraction of sp³-hybridized carbons (Fsp3) is 0.250. The van der Waals surface area contributed by atoms with Crippen LogP contribution >= 0.6 is 11.6 Å². The third-order valence-corrected chi connectivity index (χ3v) is 4.39. The van der Waals surface area contributed by atoms with E-state index in [4.69, 9.17) is 16.7 Å². The highest BCUT2D eigenvalue weighted by Crippen LogP contribution is 2.31. The summed E-state index contributed by atoms with van der Waals surface area (Å²) in [6.07, 6.45) is 1.56. The zero-order valence-corrected chi connectivity index (χ0v) is 14.7. The van der Waals surface area contributed by atoms with E-state index in [0.29, 0.717) is 17.1 Å². The Bertz CT molecular complexity index is 807. The second-order valence-corrected chi connectivity index (χ2v) is 6.63. The fourth-order valence-electron chi connectivity index (χ4n) is 2.85. The summed E-state index contributed by atoms with van der Waals surface area (Å²) in [5.74, 6) is 0. The zero-order valence-electron chi connectivity index (χ0n) is 13.9. The summed E-state index contributed by atoms with van der Waals surface area (Å²) < 4.78 is 1.88. The molecule has 0 amide bonds. The molecular weight excluding hydrogens is 320 g/mol. The van der Waals surface area contributed by atoms with Crippen LogP contribution in [0.1, 0.15) is 32.4 Å². The van der Waals surface area contributed by atoms with Crippen LogP contribution in [0.4, 0.5) is 0 Å². The first kappa shape index (κ1) is 16.7. The minimum atomic E-state index is -0.948. The van der Waals surface area contributed by atoms with Crippen molar-refractivity contribution in [3.8, 4) is 16.9 Å². The van der Waals surface area contributed by atoms with Gasteiger partial charge in [-0.25, -0.2) is 4.68 Å². The summed E-state index contributed by atoms with van der Waals surface area (Å²) in [6, 6.07) is 19.6. The lowest BCUT2D eigenvalue weighted by atomic mass is 9.96. The van der Waals surface area contributed by atoms with Gasteiger partial charge in [0, 0.05) is 10.6 Å². The van der Waals surface area contributed by atoms with E-state index in [1.807, 2.05) is 72.3 Å². The first-order valence-corrected chi connectivity index (χ1v) is 8.53. The molecule has 1 unspecified atom stereocenters. The maximum Gasteiger partial charge on any atom is 0.106 e. The highest BCUT2D eigenvalue weighted by Gasteiger charge is 2.27. The molecular formula is C20H21ClN2O. The summed E-state index contributed by atoms with van der Waals surface area (Å²) in [5.41, 5.74) is 2.63. The summed E-state index contributed by atoms with van der Waals surface area (Å²) in [7, 11) is 0. The Labute approximate surface area is 147 Å². The van der Waals surface area contributed by atoms with Crippen LogP contribution in [0.25, 0.3) is 16.9 Å². The number of para-hydroxylation sites is 1. The van der Waals surface area contributed by atoms with E-state index in [2.05, 4.69) is 6.92 Å². The fourth-order valence-corrected chi connectivity index (χ4v) is 2.98. The van der Waals surface area contributed by atoms with Crippen molar-refractivity contribution in [1.82, 2.24) is 9.78 Å².